The lowest BCUT2D eigenvalue weighted by Crippen LogP contribution is -2.39. The van der Waals surface area contributed by atoms with Crippen molar-refractivity contribution in [1.29, 1.82) is 0 Å². The van der Waals surface area contributed by atoms with Crippen LogP contribution in [0.4, 0.5) is 8.78 Å². The summed E-state index contributed by atoms with van der Waals surface area (Å²) in [6, 6.07) is 16.6. The zero-order valence-corrected chi connectivity index (χ0v) is 18.7. The Morgan fingerprint density at radius 1 is 1.00 bits per heavy atom. The number of nitrogens with zero attached hydrogens (tertiary/aromatic N) is 5. The lowest BCUT2D eigenvalue weighted by Gasteiger charge is -2.26. The van der Waals surface area contributed by atoms with E-state index in [-0.39, 0.29) is 11.9 Å². The molecule has 1 fully saturated rings. The second-order valence-corrected chi connectivity index (χ2v) is 8.50. The average Bonchev–Trinajstić information content (AvgIpc) is 3.51. The van der Waals surface area contributed by atoms with Gasteiger partial charge in [0.25, 0.3) is 0 Å². The number of H-pyrrole nitrogens is 1. The molecule has 0 bridgehead atoms. The van der Waals surface area contributed by atoms with E-state index in [1.165, 1.54) is 6.07 Å². The van der Waals surface area contributed by atoms with Crippen molar-refractivity contribution in [3.05, 3.63) is 60.2 Å². The summed E-state index contributed by atoms with van der Waals surface area (Å²) in [6.45, 7) is 1.12. The van der Waals surface area contributed by atoms with Crippen LogP contribution in [0.3, 0.4) is 0 Å². The van der Waals surface area contributed by atoms with Gasteiger partial charge in [-0.1, -0.05) is 18.2 Å². The number of morpholine rings is 1. The van der Waals surface area contributed by atoms with Crippen molar-refractivity contribution in [1.82, 2.24) is 15.1 Å². The van der Waals surface area contributed by atoms with Crippen LogP contribution in [-0.4, -0.2) is 66.6 Å². The highest BCUT2D eigenvalue weighted by Crippen LogP contribution is 2.31. The molecule has 6 rings (SSSR count). The lowest BCUT2D eigenvalue weighted by molar-refractivity contribution is -0.0497. The molecule has 1 N–H and O–H groups in total. The number of aliphatic imine (C=N–C) groups is 1. The first kappa shape index (κ1) is 21.8. The van der Waals surface area contributed by atoms with Crippen molar-refractivity contribution in [2.45, 2.75) is 12.8 Å². The fourth-order valence-corrected chi connectivity index (χ4v) is 4.46. The molecular formula is C25H22F2N6O2. The number of amidine groups is 1. The van der Waals surface area contributed by atoms with E-state index in [2.05, 4.69) is 30.1 Å². The van der Waals surface area contributed by atoms with Crippen LogP contribution in [0, 0.1) is 0 Å². The van der Waals surface area contributed by atoms with E-state index in [9.17, 15) is 8.78 Å². The maximum Gasteiger partial charge on any atom is 0.387 e. The molecule has 2 aliphatic heterocycles. The van der Waals surface area contributed by atoms with Crippen LogP contribution in [0.15, 0.2) is 69.8 Å². The van der Waals surface area contributed by atoms with Crippen LogP contribution in [-0.2, 0) is 4.74 Å². The summed E-state index contributed by atoms with van der Waals surface area (Å²) in [6.07, 6.45) is -0.206. The van der Waals surface area contributed by atoms with Crippen LogP contribution in [0.2, 0.25) is 0 Å². The summed E-state index contributed by atoms with van der Waals surface area (Å²) in [5.74, 6) is 0.746. The van der Waals surface area contributed by atoms with Crippen molar-refractivity contribution in [3.8, 4) is 17.0 Å². The fourth-order valence-electron chi connectivity index (χ4n) is 4.46. The summed E-state index contributed by atoms with van der Waals surface area (Å²) < 4.78 is 35.0. The molecule has 2 aliphatic rings. The number of benzene rings is 3. The van der Waals surface area contributed by atoms with Crippen molar-refractivity contribution in [3.63, 3.8) is 0 Å². The standard InChI is InChI=1S/C25H22F2N6O2/c26-25(27)35-19-5-3-15-11-17(2-1-16(15)12-19)23-20-13-18(4-6-21(20)29-31-23)24-28-22(30-32-24)14-33-7-9-34-10-8-33/h1-6,11-13,22,25H,7-10,14H2,(H,29,31). The van der Waals surface area contributed by atoms with Gasteiger partial charge in [-0.05, 0) is 47.2 Å². The van der Waals surface area contributed by atoms with Gasteiger partial charge < -0.3 is 9.47 Å². The van der Waals surface area contributed by atoms with Gasteiger partial charge >= 0.3 is 6.61 Å². The summed E-state index contributed by atoms with van der Waals surface area (Å²) in [4.78, 5) is 7.01. The number of hydrogen-bond donors (Lipinski definition) is 1. The summed E-state index contributed by atoms with van der Waals surface area (Å²) in [7, 11) is 0. The van der Waals surface area contributed by atoms with E-state index in [4.69, 9.17) is 9.73 Å². The SMILES string of the molecule is FC(F)Oc1ccc2cc(-c3n[nH]c4ccc(C5=NC(CN6CCOCC6)N=N5)cc34)ccc2c1. The first-order valence-corrected chi connectivity index (χ1v) is 11.4. The van der Waals surface area contributed by atoms with E-state index < -0.39 is 6.61 Å². The Morgan fingerprint density at radius 3 is 2.66 bits per heavy atom. The highest BCUT2D eigenvalue weighted by Gasteiger charge is 2.21. The molecule has 178 valence electrons. The summed E-state index contributed by atoms with van der Waals surface area (Å²) >= 11 is 0. The van der Waals surface area contributed by atoms with Gasteiger partial charge in [0.2, 0.25) is 0 Å². The van der Waals surface area contributed by atoms with Crippen LogP contribution >= 0.6 is 0 Å². The Kier molecular flexibility index (Phi) is 5.67. The van der Waals surface area contributed by atoms with Crippen LogP contribution in [0.5, 0.6) is 5.75 Å². The Labute approximate surface area is 199 Å². The molecule has 1 aromatic heterocycles. The smallest absolute Gasteiger partial charge is 0.387 e. The topological polar surface area (TPSA) is 87.5 Å². The van der Waals surface area contributed by atoms with E-state index >= 15 is 0 Å². The number of fused-ring (bicyclic) bond motifs is 2. The van der Waals surface area contributed by atoms with Crippen molar-refractivity contribution >= 4 is 27.5 Å². The molecule has 35 heavy (non-hydrogen) atoms. The van der Waals surface area contributed by atoms with E-state index in [1.807, 2.05) is 36.4 Å². The van der Waals surface area contributed by atoms with Gasteiger partial charge in [0.1, 0.15) is 5.75 Å². The number of alkyl halides is 2. The molecule has 3 aromatic carbocycles. The highest BCUT2D eigenvalue weighted by molar-refractivity contribution is 6.05. The van der Waals surface area contributed by atoms with E-state index in [0.29, 0.717) is 5.84 Å². The quantitative estimate of drug-likeness (QED) is 0.431. The molecule has 0 amide bonds. The lowest BCUT2D eigenvalue weighted by atomic mass is 10.0. The van der Waals surface area contributed by atoms with Crippen molar-refractivity contribution in [2.24, 2.45) is 15.2 Å². The third-order valence-corrected chi connectivity index (χ3v) is 6.21. The van der Waals surface area contributed by atoms with Crippen molar-refractivity contribution < 1.29 is 18.3 Å². The van der Waals surface area contributed by atoms with Gasteiger partial charge in [-0.15, -0.1) is 5.11 Å². The van der Waals surface area contributed by atoms with Crippen molar-refractivity contribution in [2.75, 3.05) is 32.8 Å². The Balaban J connectivity index is 1.28. The molecule has 1 saturated heterocycles. The normalized spacial score (nSPS) is 18.6. The third-order valence-electron chi connectivity index (χ3n) is 6.21. The average molecular weight is 476 g/mol. The molecule has 8 nitrogen and oxygen atoms in total. The number of hydrogen-bond acceptors (Lipinski definition) is 7. The minimum absolute atomic E-state index is 0.133. The molecule has 10 heteroatoms. The largest absolute Gasteiger partial charge is 0.435 e. The molecule has 3 heterocycles. The molecule has 0 radical (unpaired) electrons. The Bertz CT molecular complexity index is 1440. The number of aromatic amines is 1. The maximum atomic E-state index is 12.5. The minimum Gasteiger partial charge on any atom is -0.435 e. The van der Waals surface area contributed by atoms with Gasteiger partial charge in [-0.2, -0.15) is 19.0 Å². The zero-order chi connectivity index (χ0) is 23.8. The number of halogens is 2. The van der Waals surface area contributed by atoms with Crippen LogP contribution < -0.4 is 4.74 Å². The van der Waals surface area contributed by atoms with Crippen LogP contribution in [0.25, 0.3) is 32.9 Å². The zero-order valence-electron chi connectivity index (χ0n) is 18.7. The number of aromatic nitrogens is 2. The predicted molar refractivity (Wildman–Crippen MR) is 128 cm³/mol. The molecule has 0 saturated carbocycles. The molecule has 4 aromatic rings. The summed E-state index contributed by atoms with van der Waals surface area (Å²) in [5.41, 5.74) is 3.47. The predicted octanol–water partition coefficient (Wildman–Crippen LogP) is 4.86. The second-order valence-electron chi connectivity index (χ2n) is 8.50. The molecule has 1 unspecified atom stereocenters. The fraction of sp³-hybridized carbons (Fsp3) is 0.280. The summed E-state index contributed by atoms with van der Waals surface area (Å²) in [5, 5.41) is 18.9. The number of rotatable bonds is 6. The number of nitrogens with one attached hydrogen (secondary N) is 1. The van der Waals surface area contributed by atoms with Gasteiger partial charge in [-0.3, -0.25) is 10.00 Å². The first-order valence-electron chi connectivity index (χ1n) is 11.4. The van der Waals surface area contributed by atoms with Crippen LogP contribution in [0.1, 0.15) is 5.56 Å². The minimum atomic E-state index is -2.85. The monoisotopic (exact) mass is 476 g/mol. The Morgan fingerprint density at radius 2 is 1.80 bits per heavy atom. The number of azo groups is 1. The number of ether oxygens (including phenoxy) is 2. The molecule has 1 atom stereocenters. The van der Waals surface area contributed by atoms with Gasteiger partial charge in [-0.25, -0.2) is 4.99 Å². The van der Waals surface area contributed by atoms with E-state index in [0.717, 1.165) is 71.3 Å². The first-order chi connectivity index (χ1) is 17.1. The maximum absolute atomic E-state index is 12.5. The van der Waals surface area contributed by atoms with Gasteiger partial charge in [0.15, 0.2) is 12.0 Å². The van der Waals surface area contributed by atoms with E-state index in [1.54, 1.807) is 12.1 Å². The Hall–Kier alpha value is -3.76. The van der Waals surface area contributed by atoms with Gasteiger partial charge in [0.05, 0.1) is 24.4 Å². The molecule has 0 spiro atoms. The highest BCUT2D eigenvalue weighted by atomic mass is 19.3. The third kappa shape index (κ3) is 4.50. The van der Waals surface area contributed by atoms with Gasteiger partial charge in [0, 0.05) is 36.1 Å². The second kappa shape index (κ2) is 9.12. The molecular weight excluding hydrogens is 454 g/mol. The molecule has 0 aliphatic carbocycles.